The number of aliphatic hydroxyl groups excluding tert-OH is 1. The maximum Gasteiger partial charge on any atom is 0.420 e. The van der Waals surface area contributed by atoms with Crippen LogP contribution in [-0.2, 0) is 87.4 Å². The second-order valence-corrected chi connectivity index (χ2v) is 33.3. The van der Waals surface area contributed by atoms with Gasteiger partial charge in [0, 0.05) is 98.9 Å². The van der Waals surface area contributed by atoms with Crippen LogP contribution < -0.4 is 4.74 Å². The molecule has 1 amide bonds. The van der Waals surface area contributed by atoms with Gasteiger partial charge in [-0.15, -0.1) is 0 Å². The van der Waals surface area contributed by atoms with Crippen molar-refractivity contribution in [1.29, 1.82) is 0 Å². The van der Waals surface area contributed by atoms with E-state index < -0.39 is 161 Å². The summed E-state index contributed by atoms with van der Waals surface area (Å²) in [6.45, 7) is 34.7. The Labute approximate surface area is 694 Å². The summed E-state index contributed by atoms with van der Waals surface area (Å²) in [5.74, 6) is -10.2. The lowest BCUT2D eigenvalue weighted by Crippen LogP contribution is -2.60. The lowest BCUT2D eigenvalue weighted by Gasteiger charge is -2.47. The van der Waals surface area contributed by atoms with Crippen molar-refractivity contribution in [2.24, 2.45) is 41.4 Å². The minimum Gasteiger partial charge on any atom is -0.481 e. The van der Waals surface area contributed by atoms with Crippen LogP contribution in [-0.4, -0.2) is 255 Å². The SMILES string of the molecule is C=C[C@]1(OC(=O)n2ccnc2)/C=C(\C)C(=O)[C@H](C)C[C@](C)(OC)[C@H](OC2O[C@H](C)C[C@H](N(C)C)[C@H]2OC(=O)c2ccccc2)[C@@H](C)C(=O)[C@@H](C)C(=O)O[C@@H]1CC.C=C[C@]12OC(=O)N(CCCCn3cnc(-c4ccc(OC)nc4)c3C)[C@@H]1[C@@H](C)C(=O)[C@H](C)C[C@](C)(OC)[C@H](OC1O[C@H](C)C[C@H](N(C)C)[C@H]1O)[C@@H](C)C(=O)[C@@H](C)C(=O)O[C@@H]2CC. The number of likely N-dealkylation sites (N-methyl/N-ethyl adjacent to an activating group) is 2. The van der Waals surface area contributed by atoms with Gasteiger partial charge in [0.05, 0.1) is 72.4 Å². The molecule has 30 nitrogen and oxygen atoms in total. The number of ether oxygens (including phenoxy) is 12. The van der Waals surface area contributed by atoms with Gasteiger partial charge in [-0.25, -0.2) is 33.9 Å². The number of imidazole rings is 2. The van der Waals surface area contributed by atoms with Gasteiger partial charge in [-0.3, -0.25) is 33.7 Å². The fourth-order valence-corrected chi connectivity index (χ4v) is 17.5. The van der Waals surface area contributed by atoms with Gasteiger partial charge < -0.3 is 76.3 Å². The molecule has 650 valence electrons. The number of aryl methyl sites for hydroxylation is 1. The highest BCUT2D eigenvalue weighted by Crippen LogP contribution is 2.46. The molecule has 5 aliphatic heterocycles. The number of carbonyl (C=O) groups excluding carboxylic acids is 9. The molecule has 3 aromatic heterocycles. The van der Waals surface area contributed by atoms with Crippen LogP contribution in [0.15, 0.2) is 111 Å². The summed E-state index contributed by atoms with van der Waals surface area (Å²) in [4.78, 5) is 145. The molecule has 9 rings (SSSR count). The average molecular weight is 1650 g/mol. The Kier molecular flexibility index (Phi) is 32.6. The zero-order valence-corrected chi connectivity index (χ0v) is 72.8. The minimum absolute atomic E-state index is 0.0512. The van der Waals surface area contributed by atoms with Gasteiger partial charge in [0.1, 0.15) is 42.3 Å². The molecule has 0 spiro atoms. The molecule has 1 aromatic carbocycles. The Balaban J connectivity index is 0.000000296. The largest absolute Gasteiger partial charge is 0.481 e. The number of aromatic nitrogens is 5. The van der Waals surface area contributed by atoms with Gasteiger partial charge in [0.25, 0.3) is 0 Å². The fraction of sp³-hybridized carbons (Fsp3) is 0.636. The quantitative estimate of drug-likeness (QED) is 0.0251. The molecule has 2 unspecified atom stereocenters. The van der Waals surface area contributed by atoms with Crippen LogP contribution in [0.1, 0.15) is 164 Å². The van der Waals surface area contributed by atoms with E-state index in [1.165, 1.54) is 65.0 Å². The lowest BCUT2D eigenvalue weighted by atomic mass is 9.72. The zero-order valence-electron chi connectivity index (χ0n) is 72.8. The van der Waals surface area contributed by atoms with Crippen molar-refractivity contribution in [3.05, 3.63) is 122 Å². The summed E-state index contributed by atoms with van der Waals surface area (Å²) in [6.07, 6.45) is 3.63. The topological polar surface area (TPSA) is 343 Å². The molecule has 30 heteroatoms. The van der Waals surface area contributed by atoms with E-state index in [2.05, 4.69) is 28.1 Å². The second-order valence-electron chi connectivity index (χ2n) is 33.3. The van der Waals surface area contributed by atoms with E-state index in [4.69, 9.17) is 56.8 Å². The monoisotopic (exact) mass is 1650 g/mol. The average Bonchev–Trinajstić information content (AvgIpc) is 1.64. The van der Waals surface area contributed by atoms with Crippen LogP contribution in [0.4, 0.5) is 9.59 Å². The van der Waals surface area contributed by atoms with E-state index in [-0.39, 0.29) is 73.7 Å². The van der Waals surface area contributed by atoms with Crippen LogP contribution in [0.3, 0.4) is 0 Å². The Morgan fingerprint density at radius 2 is 1.24 bits per heavy atom. The number of nitrogens with zero attached hydrogens (tertiary/aromatic N) is 8. The number of esters is 3. The number of benzene rings is 1. The number of cyclic esters (lactones) is 2. The number of pyridine rings is 1. The first kappa shape index (κ1) is 94.8. The van der Waals surface area contributed by atoms with Gasteiger partial charge >= 0.3 is 30.1 Å². The molecule has 0 bridgehead atoms. The molecule has 24 atom stereocenters. The minimum atomic E-state index is -1.80. The molecule has 4 aromatic rings. The van der Waals surface area contributed by atoms with E-state index in [9.17, 15) is 48.3 Å². The Bertz CT molecular complexity index is 4170. The summed E-state index contributed by atoms with van der Waals surface area (Å²) in [7, 11) is 12.0. The second kappa shape index (κ2) is 40.6. The highest BCUT2D eigenvalue weighted by atomic mass is 16.7. The summed E-state index contributed by atoms with van der Waals surface area (Å²) in [5.41, 5.74) is -2.87. The van der Waals surface area contributed by atoms with Crippen LogP contribution in [0.2, 0.25) is 0 Å². The lowest BCUT2D eigenvalue weighted by molar-refractivity contribution is -0.295. The number of Topliss-reactive ketones (excluding diaryl/α,β-unsaturated/α-hetero) is 4. The number of unbranched alkanes of at least 4 members (excludes halogenated alkanes) is 1. The van der Waals surface area contributed by atoms with Gasteiger partial charge in [0.15, 0.2) is 47.2 Å². The van der Waals surface area contributed by atoms with E-state index in [0.29, 0.717) is 43.7 Å². The van der Waals surface area contributed by atoms with Crippen LogP contribution in [0.5, 0.6) is 5.88 Å². The third kappa shape index (κ3) is 20.8. The van der Waals surface area contributed by atoms with E-state index in [1.54, 1.807) is 130 Å². The van der Waals surface area contributed by atoms with Crippen LogP contribution >= 0.6 is 0 Å². The number of carbonyl (C=O) groups is 9. The number of hydrogen-bond donors (Lipinski definition) is 1. The Morgan fingerprint density at radius 1 is 0.678 bits per heavy atom. The number of allylic oxidation sites excluding steroid dienone is 1. The molecule has 0 saturated carbocycles. The highest BCUT2D eigenvalue weighted by Gasteiger charge is 2.62. The molecule has 5 aliphatic rings. The molecule has 4 saturated heterocycles. The number of hydrogen-bond acceptors (Lipinski definition) is 27. The van der Waals surface area contributed by atoms with Crippen molar-refractivity contribution in [2.75, 3.05) is 56.1 Å². The fourth-order valence-electron chi connectivity index (χ4n) is 17.5. The number of methoxy groups -OCH3 is 3. The van der Waals surface area contributed by atoms with Crippen molar-refractivity contribution in [3.63, 3.8) is 0 Å². The molecule has 0 aliphatic carbocycles. The number of rotatable bonds is 22. The molecule has 1 N–H and O–H groups in total. The number of fused-ring (bicyclic) bond motifs is 1. The third-order valence-corrected chi connectivity index (χ3v) is 24.5. The molecule has 4 fully saturated rings. The van der Waals surface area contributed by atoms with Crippen molar-refractivity contribution >= 4 is 53.2 Å². The van der Waals surface area contributed by atoms with Gasteiger partial charge in [-0.05, 0) is 177 Å². The maximum atomic E-state index is 14.9. The molecular weight excluding hydrogens is 1520 g/mol. The van der Waals surface area contributed by atoms with Crippen LogP contribution in [0.25, 0.3) is 11.3 Å². The van der Waals surface area contributed by atoms with Crippen molar-refractivity contribution < 1.29 is 105 Å². The summed E-state index contributed by atoms with van der Waals surface area (Å²) < 4.78 is 77.1. The van der Waals surface area contributed by atoms with Crippen molar-refractivity contribution in [3.8, 4) is 17.1 Å². The molecule has 0 radical (unpaired) electrons. The molecular formula is C88H126N8O22. The number of aliphatic hydroxyl groups is 1. The van der Waals surface area contributed by atoms with Crippen molar-refractivity contribution in [1.82, 2.24) is 38.8 Å². The summed E-state index contributed by atoms with van der Waals surface area (Å²) in [5, 5.41) is 11.5. The summed E-state index contributed by atoms with van der Waals surface area (Å²) >= 11 is 0. The predicted molar refractivity (Wildman–Crippen MR) is 436 cm³/mol. The maximum absolute atomic E-state index is 14.9. The highest BCUT2D eigenvalue weighted by molar-refractivity contribution is 6.01. The summed E-state index contributed by atoms with van der Waals surface area (Å²) in [6, 6.07) is 10.7. The first-order valence-electron chi connectivity index (χ1n) is 40.9. The first-order valence-corrected chi connectivity index (χ1v) is 40.9. The van der Waals surface area contributed by atoms with Crippen LogP contribution in [0, 0.1) is 48.3 Å². The van der Waals surface area contributed by atoms with E-state index >= 15 is 0 Å². The molecule has 8 heterocycles. The standard InChI is InChI=1S/C46H69N5O11.C42H57N3O11/c1-14-34-46(15-2)40(51(44(56)62-46)21-17-16-20-50-25-48-36(31(50)8)32-18-19-35(57-12)47-24-32)28(5)37(52)26(3)23-45(9,58-13)41(29(6)38(53)30(7)42(55)60-34)61-43-39(54)33(49(10)11)22-27(4)59-43;1-12-32-42(13-2,56-40(50)45-20-19-43-24-45)23-26(4)33(46)25(3)22-41(8,51-11)36(28(6)34(47)29(7)37(48)53-32)55-39-35(31(44(9)10)21-27(5)52-39)54-38(49)30-17-15-14-16-18-30/h15,18-19,24-30,33-34,39-41,43,54H,2,14,16-17,20-23H2,1,3-13H3;13-20,23-25,27-29,31-32,35-36,39H,2,12,21-22H2,1,3-11H3/b;26-23+/t26-,27-,28+,29+,30-,33+,34-,39-,40-,41-,43?,45+,46-;25-,27-,28+,29-,31+,32-,35-,36-,39?,41+,42+/m11/s1. The Morgan fingerprint density at radius 3 is 1.76 bits per heavy atom. The molecule has 118 heavy (non-hydrogen) atoms. The third-order valence-electron chi connectivity index (χ3n) is 24.5. The zero-order chi connectivity index (χ0) is 87.4. The van der Waals surface area contributed by atoms with E-state index in [1.807, 2.05) is 69.4 Å². The number of amides is 1. The van der Waals surface area contributed by atoms with Gasteiger partial charge in [0.2, 0.25) is 5.88 Å². The normalized spacial score (nSPS) is 34.7. The van der Waals surface area contributed by atoms with Crippen molar-refractivity contribution in [2.45, 2.75) is 264 Å². The number of ketones is 4. The van der Waals surface area contributed by atoms with Gasteiger partial charge in [-0.1, -0.05) is 79.8 Å². The van der Waals surface area contributed by atoms with Gasteiger partial charge in [-0.2, -0.15) is 0 Å². The Hall–Kier alpha value is -8.72. The smallest absolute Gasteiger partial charge is 0.420 e. The van der Waals surface area contributed by atoms with E-state index in [0.717, 1.165) is 21.5 Å². The predicted octanol–water partition coefficient (Wildman–Crippen LogP) is 11.0. The first-order chi connectivity index (χ1) is 55.7.